The first kappa shape index (κ1) is 17.1. The SMILES string of the molecule is CC1CC=CCC1COC(=O)C1CCN(c2nc3ccccc3o2)CC1. The number of piperidine rings is 1. The fraction of sp³-hybridized carbons (Fsp3) is 0.524. The Morgan fingerprint density at radius 2 is 2.00 bits per heavy atom. The van der Waals surface area contributed by atoms with E-state index in [9.17, 15) is 4.79 Å². The molecule has 1 aliphatic heterocycles. The van der Waals surface area contributed by atoms with E-state index in [1.807, 2.05) is 24.3 Å². The molecule has 0 saturated carbocycles. The predicted molar refractivity (Wildman–Crippen MR) is 101 cm³/mol. The average molecular weight is 354 g/mol. The molecule has 2 aliphatic rings. The summed E-state index contributed by atoms with van der Waals surface area (Å²) in [6, 6.07) is 8.44. The molecule has 0 bridgehead atoms. The van der Waals surface area contributed by atoms with Crippen LogP contribution in [-0.2, 0) is 9.53 Å². The summed E-state index contributed by atoms with van der Waals surface area (Å²) < 4.78 is 11.5. The molecule has 26 heavy (non-hydrogen) atoms. The number of nitrogens with zero attached hydrogens (tertiary/aromatic N) is 2. The number of para-hydroxylation sites is 2. The maximum Gasteiger partial charge on any atom is 0.309 e. The summed E-state index contributed by atoms with van der Waals surface area (Å²) in [4.78, 5) is 19.1. The van der Waals surface area contributed by atoms with E-state index >= 15 is 0 Å². The van der Waals surface area contributed by atoms with Gasteiger partial charge in [0.2, 0.25) is 0 Å². The molecule has 2 aromatic rings. The van der Waals surface area contributed by atoms with Crippen molar-refractivity contribution in [2.24, 2.45) is 17.8 Å². The van der Waals surface area contributed by atoms with Crippen LogP contribution in [0.5, 0.6) is 0 Å². The quantitative estimate of drug-likeness (QED) is 0.609. The fourth-order valence-electron chi connectivity index (χ4n) is 3.85. The lowest BCUT2D eigenvalue weighted by atomic mass is 9.85. The van der Waals surface area contributed by atoms with Crippen molar-refractivity contribution < 1.29 is 13.9 Å². The van der Waals surface area contributed by atoms with Gasteiger partial charge in [-0.1, -0.05) is 31.2 Å². The number of carbonyl (C=O) groups is 1. The largest absolute Gasteiger partial charge is 0.465 e. The summed E-state index contributed by atoms with van der Waals surface area (Å²) >= 11 is 0. The number of rotatable bonds is 4. The van der Waals surface area contributed by atoms with Crippen LogP contribution in [0.1, 0.15) is 32.6 Å². The van der Waals surface area contributed by atoms with Gasteiger partial charge in [0.25, 0.3) is 6.01 Å². The van der Waals surface area contributed by atoms with Gasteiger partial charge < -0.3 is 14.1 Å². The first-order chi connectivity index (χ1) is 12.7. The monoisotopic (exact) mass is 354 g/mol. The van der Waals surface area contributed by atoms with Crippen molar-refractivity contribution in [2.45, 2.75) is 32.6 Å². The summed E-state index contributed by atoms with van der Waals surface area (Å²) in [5, 5.41) is 0. The number of aromatic nitrogens is 1. The average Bonchev–Trinajstić information content (AvgIpc) is 3.11. The Morgan fingerprint density at radius 1 is 1.23 bits per heavy atom. The molecule has 1 aliphatic carbocycles. The van der Waals surface area contributed by atoms with E-state index in [-0.39, 0.29) is 11.9 Å². The number of oxazole rings is 1. The minimum absolute atomic E-state index is 0.00920. The van der Waals surface area contributed by atoms with Crippen molar-refractivity contribution in [1.82, 2.24) is 4.98 Å². The number of hydrogen-bond acceptors (Lipinski definition) is 5. The van der Waals surface area contributed by atoms with Gasteiger partial charge in [-0.3, -0.25) is 4.79 Å². The lowest BCUT2D eigenvalue weighted by Gasteiger charge is -2.30. The number of ether oxygens (including phenoxy) is 1. The number of hydrogen-bond donors (Lipinski definition) is 0. The number of allylic oxidation sites excluding steroid dienone is 2. The molecule has 2 atom stereocenters. The number of fused-ring (bicyclic) bond motifs is 1. The molecule has 0 amide bonds. The van der Waals surface area contributed by atoms with E-state index in [0.717, 1.165) is 49.9 Å². The van der Waals surface area contributed by atoms with Crippen LogP contribution >= 0.6 is 0 Å². The molecule has 0 spiro atoms. The summed E-state index contributed by atoms with van der Waals surface area (Å²) in [7, 11) is 0. The predicted octanol–water partition coefficient (Wildman–Crippen LogP) is 4.19. The van der Waals surface area contributed by atoms with Crippen molar-refractivity contribution >= 4 is 23.1 Å². The number of anilines is 1. The maximum absolute atomic E-state index is 12.4. The Hall–Kier alpha value is -2.30. The Morgan fingerprint density at radius 3 is 2.77 bits per heavy atom. The Balaban J connectivity index is 1.28. The van der Waals surface area contributed by atoms with E-state index in [0.29, 0.717) is 24.5 Å². The van der Waals surface area contributed by atoms with Gasteiger partial charge >= 0.3 is 5.97 Å². The van der Waals surface area contributed by atoms with Crippen molar-refractivity contribution in [2.75, 3.05) is 24.6 Å². The third-order valence-electron chi connectivity index (χ3n) is 5.74. The van der Waals surface area contributed by atoms with E-state index in [4.69, 9.17) is 9.15 Å². The van der Waals surface area contributed by atoms with Crippen LogP contribution in [0.25, 0.3) is 11.1 Å². The number of benzene rings is 1. The smallest absolute Gasteiger partial charge is 0.309 e. The molecule has 138 valence electrons. The molecule has 0 radical (unpaired) electrons. The van der Waals surface area contributed by atoms with Crippen LogP contribution < -0.4 is 4.90 Å². The molecule has 1 fully saturated rings. The minimum Gasteiger partial charge on any atom is -0.465 e. The molecular weight excluding hydrogens is 328 g/mol. The first-order valence-electron chi connectivity index (χ1n) is 9.63. The van der Waals surface area contributed by atoms with E-state index in [2.05, 4.69) is 29.0 Å². The van der Waals surface area contributed by atoms with Gasteiger partial charge in [0, 0.05) is 13.1 Å². The Bertz CT molecular complexity index is 756. The van der Waals surface area contributed by atoms with Gasteiger partial charge in [0.15, 0.2) is 5.58 Å². The van der Waals surface area contributed by atoms with Crippen LogP contribution in [0.4, 0.5) is 6.01 Å². The maximum atomic E-state index is 12.4. The number of esters is 1. The second-order valence-corrected chi connectivity index (χ2v) is 7.54. The highest BCUT2D eigenvalue weighted by molar-refractivity contribution is 5.75. The molecular formula is C21H26N2O3. The minimum atomic E-state index is -0.0380. The van der Waals surface area contributed by atoms with E-state index in [1.54, 1.807) is 0 Å². The molecule has 2 unspecified atom stereocenters. The molecule has 1 aromatic carbocycles. The second kappa shape index (κ2) is 7.52. The third kappa shape index (κ3) is 3.62. The third-order valence-corrected chi connectivity index (χ3v) is 5.74. The molecule has 4 rings (SSSR count). The lowest BCUT2D eigenvalue weighted by molar-refractivity contribution is -0.151. The lowest BCUT2D eigenvalue weighted by Crippen LogP contribution is -2.37. The topological polar surface area (TPSA) is 55.6 Å². The first-order valence-corrected chi connectivity index (χ1v) is 9.63. The zero-order valence-electron chi connectivity index (χ0n) is 15.3. The van der Waals surface area contributed by atoms with Crippen molar-refractivity contribution in [3.63, 3.8) is 0 Å². The van der Waals surface area contributed by atoms with Crippen molar-refractivity contribution in [1.29, 1.82) is 0 Å². The molecule has 5 nitrogen and oxygen atoms in total. The zero-order valence-corrected chi connectivity index (χ0v) is 15.3. The standard InChI is InChI=1S/C21H26N2O3/c1-15-6-2-3-7-17(15)14-25-20(24)16-10-12-23(13-11-16)21-22-18-8-4-5-9-19(18)26-21/h2-5,8-9,15-17H,6-7,10-14H2,1H3. The summed E-state index contributed by atoms with van der Waals surface area (Å²) in [6.45, 7) is 4.33. The number of carbonyl (C=O) groups excluding carboxylic acids is 1. The highest BCUT2D eigenvalue weighted by atomic mass is 16.5. The summed E-state index contributed by atoms with van der Waals surface area (Å²) in [5.41, 5.74) is 1.68. The summed E-state index contributed by atoms with van der Waals surface area (Å²) in [6.07, 6.45) is 8.12. The van der Waals surface area contributed by atoms with E-state index < -0.39 is 0 Å². The van der Waals surface area contributed by atoms with Crippen LogP contribution in [0.2, 0.25) is 0 Å². The zero-order chi connectivity index (χ0) is 17.9. The molecule has 1 saturated heterocycles. The van der Waals surface area contributed by atoms with Gasteiger partial charge in [-0.15, -0.1) is 0 Å². The van der Waals surface area contributed by atoms with Gasteiger partial charge in [0.1, 0.15) is 5.52 Å². The van der Waals surface area contributed by atoms with Crippen molar-refractivity contribution in [3.8, 4) is 0 Å². The van der Waals surface area contributed by atoms with Gasteiger partial charge in [-0.05, 0) is 49.7 Å². The molecule has 0 N–H and O–H groups in total. The molecule has 1 aromatic heterocycles. The fourth-order valence-corrected chi connectivity index (χ4v) is 3.85. The Labute approximate surface area is 154 Å². The molecule has 5 heteroatoms. The van der Waals surface area contributed by atoms with Gasteiger partial charge in [0.05, 0.1) is 12.5 Å². The second-order valence-electron chi connectivity index (χ2n) is 7.54. The van der Waals surface area contributed by atoms with Gasteiger partial charge in [-0.25, -0.2) is 0 Å². The van der Waals surface area contributed by atoms with Crippen LogP contribution in [0.15, 0.2) is 40.8 Å². The van der Waals surface area contributed by atoms with Crippen LogP contribution in [0.3, 0.4) is 0 Å². The van der Waals surface area contributed by atoms with Gasteiger partial charge in [-0.2, -0.15) is 4.98 Å². The van der Waals surface area contributed by atoms with E-state index in [1.165, 1.54) is 0 Å². The Kier molecular flexibility index (Phi) is 4.96. The van der Waals surface area contributed by atoms with Crippen molar-refractivity contribution in [3.05, 3.63) is 36.4 Å². The molecule has 2 heterocycles. The normalized spacial score (nSPS) is 24.1. The highest BCUT2D eigenvalue weighted by Crippen LogP contribution is 2.28. The van der Waals surface area contributed by atoms with Crippen LogP contribution in [-0.4, -0.2) is 30.6 Å². The van der Waals surface area contributed by atoms with Crippen LogP contribution in [0, 0.1) is 17.8 Å². The highest BCUT2D eigenvalue weighted by Gasteiger charge is 2.29. The summed E-state index contributed by atoms with van der Waals surface area (Å²) in [5.74, 6) is 1.01.